The molecule has 0 spiro atoms. The lowest BCUT2D eigenvalue weighted by molar-refractivity contribution is -0.157. The number of fused-ring (bicyclic) bond motifs is 20. The molecule has 0 heterocycles. The van der Waals surface area contributed by atoms with E-state index < -0.39 is 0 Å². The summed E-state index contributed by atoms with van der Waals surface area (Å²) in [6.07, 6.45) is 36.9. The molecule has 96 heavy (non-hydrogen) atoms. The zero-order valence-electron chi connectivity index (χ0n) is 58.8. The molecule has 0 aromatic rings. The van der Waals surface area contributed by atoms with Crippen LogP contribution in [0.3, 0.4) is 0 Å². The molecule has 0 aliphatic heterocycles. The Bertz CT molecular complexity index is 3640. The highest BCUT2D eigenvalue weighted by molar-refractivity contribution is 5.93. The monoisotopic (exact) mass is 1300 g/mol. The van der Waals surface area contributed by atoms with E-state index in [2.05, 4.69) is 80.8 Å². The maximum Gasteiger partial charge on any atom is 0.155 e. The molecule has 0 aromatic heterocycles. The molecular weight excluding hydrogens is 1190 g/mol. The van der Waals surface area contributed by atoms with Gasteiger partial charge in [0.15, 0.2) is 30.6 Å². The standard InChI is InChI=1S/2C21H27NO2.2C21H25NO2/c4*1-20-9-8-15(23)10-13(20)4-6-16-17-7-5-14(12-22-3)21(17,2)11-18(24)19(16)20/h2*12-13,16-17,19H,4-11H2,1-2H3;10,12,16-17,19H,4-9,11H2,1-2H3;4,12,16-17,19H,5-11H2,1-2H3/b4*14-12-/t13-,16+,17+,19-,20+,21-;13-,16-,17-,19+,20-,21+;2*16-,17-,19+,20?,21+/m1000/s1. The summed E-state index contributed by atoms with van der Waals surface area (Å²) in [6.45, 7) is 46.7. The maximum absolute atomic E-state index is 13.3. The largest absolute Gasteiger partial charge is 0.300 e. The Hall–Kier alpha value is -6.24. The van der Waals surface area contributed by atoms with Gasteiger partial charge in [0, 0.05) is 94.3 Å². The number of carbonyl (C=O) groups is 8. The van der Waals surface area contributed by atoms with Crippen LogP contribution in [-0.4, -0.2) is 46.3 Å². The van der Waals surface area contributed by atoms with Crippen molar-refractivity contribution in [3.63, 3.8) is 0 Å². The zero-order valence-corrected chi connectivity index (χ0v) is 58.8. The first kappa shape index (κ1) is 68.3. The SMILES string of the molecule is [C-]#[N+]/C=C1/CC[C@H]2[C@@H]3CC=C4CC(=O)CCC4(C)[C@H]3C(=O)C[C@]12C.[C-]#[N+]/C=C1/CC[C@H]2[C@@H]3CCC4=CC(=O)CCC4(C)[C@H]3C(=O)C[C@]12C.[C-]#[N+]/C=C1/CC[C@H]2[C@@H]3CC[C@@H]4CC(=O)CC[C@]4(C)[C@H]3C(=O)C[C@]12C.[C-]#[N+]/C=C1/CC[C@H]2[C@@H]3CC[C@H]4CC(=O)CC[C@]4(C)[C@H]3C(=O)C[C@]12C. The van der Waals surface area contributed by atoms with E-state index in [4.69, 9.17) is 26.3 Å². The molecule has 14 saturated carbocycles. The predicted molar refractivity (Wildman–Crippen MR) is 367 cm³/mol. The van der Waals surface area contributed by atoms with Crippen molar-refractivity contribution in [1.82, 2.24) is 0 Å². The Morgan fingerprint density at radius 3 is 1.14 bits per heavy atom. The van der Waals surface area contributed by atoms with Gasteiger partial charge < -0.3 is 0 Å². The molecule has 16 aliphatic carbocycles. The number of rotatable bonds is 0. The van der Waals surface area contributed by atoms with E-state index in [9.17, 15) is 38.4 Å². The molecule has 0 N–H and O–H groups in total. The summed E-state index contributed by atoms with van der Waals surface area (Å²) in [7, 11) is 0. The number of ketones is 8. The normalized spacial score (nSPS) is 47.6. The van der Waals surface area contributed by atoms with E-state index in [1.54, 1.807) is 24.8 Å². The smallest absolute Gasteiger partial charge is 0.155 e. The number of Topliss-reactive ketones (excluding diaryl/α,β-unsaturated/α-hetero) is 7. The van der Waals surface area contributed by atoms with Crippen molar-refractivity contribution in [2.45, 2.75) is 248 Å². The third-order valence-electron chi connectivity index (χ3n) is 31.9. The fraction of sp³-hybridized carbons (Fsp3) is 0.714. The van der Waals surface area contributed by atoms with Gasteiger partial charge in [0.2, 0.25) is 0 Å². The quantitative estimate of drug-likeness (QED) is 0.172. The van der Waals surface area contributed by atoms with Gasteiger partial charge in [-0.25, -0.2) is 19.4 Å². The van der Waals surface area contributed by atoms with Crippen LogP contribution in [0.2, 0.25) is 0 Å². The first-order valence-electron chi connectivity index (χ1n) is 37.4. The van der Waals surface area contributed by atoms with Crippen LogP contribution < -0.4 is 0 Å². The van der Waals surface area contributed by atoms with E-state index in [0.29, 0.717) is 170 Å². The molecule has 16 aliphatic rings. The molecule has 508 valence electrons. The van der Waals surface area contributed by atoms with E-state index >= 15 is 0 Å². The first-order valence-corrected chi connectivity index (χ1v) is 37.4. The van der Waals surface area contributed by atoms with Gasteiger partial charge in [-0.05, 0) is 231 Å². The lowest BCUT2D eigenvalue weighted by Crippen LogP contribution is -2.56. The lowest BCUT2D eigenvalue weighted by Gasteiger charge is -2.58. The molecule has 12 heteroatoms. The summed E-state index contributed by atoms with van der Waals surface area (Å²) in [5.41, 5.74) is 6.70. The van der Waals surface area contributed by atoms with Crippen molar-refractivity contribution in [3.8, 4) is 0 Å². The van der Waals surface area contributed by atoms with Crippen LogP contribution in [0, 0.1) is 152 Å². The number of nitrogens with zero attached hydrogens (tertiary/aromatic N) is 4. The average Bonchev–Trinajstić information content (AvgIpc) is 1.35. The Kier molecular flexibility index (Phi) is 17.7. The van der Waals surface area contributed by atoms with Gasteiger partial charge in [0.05, 0.1) is 26.3 Å². The van der Waals surface area contributed by atoms with Crippen molar-refractivity contribution in [3.05, 3.63) is 116 Å². The molecule has 0 radical (unpaired) electrons. The number of hydrogen-bond acceptors (Lipinski definition) is 8. The van der Waals surface area contributed by atoms with E-state index in [1.165, 1.54) is 33.4 Å². The summed E-state index contributed by atoms with van der Waals surface area (Å²) in [5, 5.41) is 0. The fourth-order valence-electron chi connectivity index (χ4n) is 27.0. The van der Waals surface area contributed by atoms with Crippen LogP contribution in [0.4, 0.5) is 0 Å². The van der Waals surface area contributed by atoms with Crippen molar-refractivity contribution in [1.29, 1.82) is 0 Å². The maximum atomic E-state index is 13.3. The van der Waals surface area contributed by atoms with Gasteiger partial charge in [-0.2, -0.15) is 0 Å². The first-order chi connectivity index (χ1) is 45.6. The summed E-state index contributed by atoms with van der Waals surface area (Å²) >= 11 is 0. The van der Waals surface area contributed by atoms with Crippen molar-refractivity contribution < 1.29 is 38.4 Å². The molecule has 14 fully saturated rings. The Labute approximate surface area is 572 Å². The molecule has 0 bridgehead atoms. The minimum atomic E-state index is -0.116. The molecule has 0 amide bonds. The zero-order chi connectivity index (χ0) is 68.5. The minimum absolute atomic E-state index is 0.0293. The predicted octanol–water partition coefficient (Wildman–Crippen LogP) is 18.2. The molecule has 16 rings (SSSR count). The van der Waals surface area contributed by atoms with Gasteiger partial charge in [-0.15, -0.1) is 0 Å². The molecule has 2 unspecified atom stereocenters. The molecule has 0 aromatic carbocycles. The Balaban J connectivity index is 0.000000116. The van der Waals surface area contributed by atoms with E-state index in [0.717, 1.165) is 122 Å². The van der Waals surface area contributed by atoms with Gasteiger partial charge >= 0.3 is 0 Å². The minimum Gasteiger partial charge on any atom is -0.300 e. The summed E-state index contributed by atoms with van der Waals surface area (Å²) in [5.74, 6) is 8.04. The average molecular weight is 1300 g/mol. The molecular formula is C84H104N4O8. The summed E-state index contributed by atoms with van der Waals surface area (Å²) in [6, 6.07) is 0. The van der Waals surface area contributed by atoms with Crippen LogP contribution in [-0.2, 0) is 38.4 Å². The number of hydrogen-bond donors (Lipinski definition) is 0. The molecule has 0 saturated heterocycles. The van der Waals surface area contributed by atoms with Gasteiger partial charge in [0.1, 0.15) is 40.5 Å². The lowest BCUT2D eigenvalue weighted by atomic mass is 9.45. The second kappa shape index (κ2) is 24.9. The van der Waals surface area contributed by atoms with Gasteiger partial charge in [0.25, 0.3) is 0 Å². The van der Waals surface area contributed by atoms with Crippen LogP contribution in [0.5, 0.6) is 0 Å². The van der Waals surface area contributed by atoms with Crippen LogP contribution >= 0.6 is 0 Å². The molecule has 22 atom stereocenters. The Morgan fingerprint density at radius 2 is 0.719 bits per heavy atom. The second-order valence-electron chi connectivity index (χ2n) is 35.8. The van der Waals surface area contributed by atoms with Crippen molar-refractivity contribution in [2.75, 3.05) is 0 Å². The summed E-state index contributed by atoms with van der Waals surface area (Å²) < 4.78 is 0. The topological polar surface area (TPSA) is 154 Å². The second-order valence-corrected chi connectivity index (χ2v) is 35.8. The van der Waals surface area contributed by atoms with Gasteiger partial charge in [-0.1, -0.05) is 94.9 Å². The third kappa shape index (κ3) is 10.6. The Morgan fingerprint density at radius 1 is 0.365 bits per heavy atom. The van der Waals surface area contributed by atoms with E-state index in [1.807, 2.05) is 6.08 Å². The highest BCUT2D eigenvalue weighted by Crippen LogP contribution is 2.71. The highest BCUT2D eigenvalue weighted by Gasteiger charge is 2.66. The van der Waals surface area contributed by atoms with Crippen LogP contribution in [0.15, 0.2) is 70.4 Å². The fourth-order valence-corrected chi connectivity index (χ4v) is 27.0. The number of carbonyl (C=O) groups excluding carboxylic acids is 8. The summed E-state index contributed by atoms with van der Waals surface area (Å²) in [4.78, 5) is 115. The van der Waals surface area contributed by atoms with Gasteiger partial charge in [-0.3, -0.25) is 38.4 Å². The molecule has 12 nitrogen and oxygen atoms in total. The number of allylic oxidation sites excluding steroid dienone is 7. The van der Waals surface area contributed by atoms with Crippen molar-refractivity contribution >= 4 is 46.3 Å². The van der Waals surface area contributed by atoms with E-state index in [-0.39, 0.29) is 72.8 Å². The van der Waals surface area contributed by atoms with Crippen LogP contribution in [0.25, 0.3) is 19.4 Å². The van der Waals surface area contributed by atoms with Crippen LogP contribution in [0.1, 0.15) is 248 Å². The highest BCUT2D eigenvalue weighted by atomic mass is 16.2. The van der Waals surface area contributed by atoms with Crippen molar-refractivity contribution in [2.24, 2.45) is 126 Å². The third-order valence-corrected chi connectivity index (χ3v) is 31.9.